The second-order valence-corrected chi connectivity index (χ2v) is 9.09. The molecular formula is C23H30N4O6. The predicted octanol–water partition coefficient (Wildman–Crippen LogP) is 1.21. The highest BCUT2D eigenvalue weighted by Gasteiger charge is 2.44. The number of benzene rings is 1. The Bertz CT molecular complexity index is 968. The predicted molar refractivity (Wildman–Crippen MR) is 120 cm³/mol. The minimum Gasteiger partial charge on any atom is -0.385 e. The van der Waals surface area contributed by atoms with Gasteiger partial charge in [-0.2, -0.15) is 0 Å². The van der Waals surface area contributed by atoms with Gasteiger partial charge in [0.05, 0.1) is 16.7 Å². The van der Waals surface area contributed by atoms with Gasteiger partial charge < -0.3 is 15.4 Å². The summed E-state index contributed by atoms with van der Waals surface area (Å²) in [5.41, 5.74) is 0.807. The molecule has 0 radical (unpaired) electrons. The minimum absolute atomic E-state index is 0.0272. The number of ether oxygens (including phenoxy) is 1. The highest BCUT2D eigenvalue weighted by Crippen LogP contribution is 2.29. The molecule has 1 unspecified atom stereocenters. The minimum atomic E-state index is -0.976. The Morgan fingerprint density at radius 1 is 1.09 bits per heavy atom. The smallest absolute Gasteiger partial charge is 0.262 e. The number of fused-ring (bicyclic) bond motifs is 1. The van der Waals surface area contributed by atoms with E-state index in [4.69, 9.17) is 4.74 Å². The molecule has 3 rings (SSSR count). The van der Waals surface area contributed by atoms with Crippen molar-refractivity contribution in [2.75, 3.05) is 25.0 Å². The zero-order valence-electron chi connectivity index (χ0n) is 19.2. The fraction of sp³-hybridized carbons (Fsp3) is 0.522. The van der Waals surface area contributed by atoms with Gasteiger partial charge in [-0.25, -0.2) is 0 Å². The van der Waals surface area contributed by atoms with Gasteiger partial charge in [0.1, 0.15) is 12.6 Å². The highest BCUT2D eigenvalue weighted by molar-refractivity contribution is 6.23. The average Bonchev–Trinajstić information content (AvgIpc) is 2.99. The molecule has 0 bridgehead atoms. The largest absolute Gasteiger partial charge is 0.385 e. The molecule has 1 atom stereocenters. The Morgan fingerprint density at radius 3 is 2.48 bits per heavy atom. The zero-order valence-corrected chi connectivity index (χ0v) is 19.2. The number of nitrogens with zero attached hydrogens (tertiary/aromatic N) is 1. The van der Waals surface area contributed by atoms with Crippen molar-refractivity contribution in [1.82, 2.24) is 15.5 Å². The van der Waals surface area contributed by atoms with Crippen molar-refractivity contribution in [3.8, 4) is 0 Å². The van der Waals surface area contributed by atoms with E-state index < -0.39 is 29.7 Å². The third kappa shape index (κ3) is 6.16. The number of hydrogen-bond donors (Lipinski definition) is 3. The van der Waals surface area contributed by atoms with Crippen LogP contribution in [0.1, 0.15) is 67.2 Å². The van der Waals surface area contributed by atoms with E-state index >= 15 is 0 Å². The molecule has 5 amide bonds. The Hall–Kier alpha value is -3.27. The van der Waals surface area contributed by atoms with Gasteiger partial charge in [-0.1, -0.05) is 0 Å². The maximum Gasteiger partial charge on any atom is 0.262 e. The second-order valence-electron chi connectivity index (χ2n) is 9.09. The third-order valence-corrected chi connectivity index (χ3v) is 5.33. The van der Waals surface area contributed by atoms with Gasteiger partial charge in [-0.15, -0.1) is 0 Å². The van der Waals surface area contributed by atoms with Crippen molar-refractivity contribution < 1.29 is 28.7 Å². The summed E-state index contributed by atoms with van der Waals surface area (Å²) in [5.74, 6) is -2.25. The molecule has 1 saturated heterocycles. The molecule has 178 valence electrons. The van der Waals surface area contributed by atoms with Crippen molar-refractivity contribution in [1.29, 1.82) is 0 Å². The van der Waals surface area contributed by atoms with E-state index in [2.05, 4.69) is 16.0 Å². The van der Waals surface area contributed by atoms with Gasteiger partial charge in [0.15, 0.2) is 0 Å². The van der Waals surface area contributed by atoms with Crippen molar-refractivity contribution in [3.63, 3.8) is 0 Å². The van der Waals surface area contributed by atoms with Crippen molar-refractivity contribution in [2.24, 2.45) is 0 Å². The summed E-state index contributed by atoms with van der Waals surface area (Å²) in [5, 5.41) is 8.20. The number of amides is 5. The first kappa shape index (κ1) is 24.4. The number of anilines is 1. The van der Waals surface area contributed by atoms with E-state index in [9.17, 15) is 24.0 Å². The van der Waals surface area contributed by atoms with E-state index in [0.717, 1.165) is 17.7 Å². The van der Waals surface area contributed by atoms with Crippen LogP contribution in [-0.4, -0.2) is 65.8 Å². The van der Waals surface area contributed by atoms with Crippen LogP contribution < -0.4 is 16.0 Å². The number of hydrogen-bond acceptors (Lipinski definition) is 7. The van der Waals surface area contributed by atoms with Crippen LogP contribution in [0.15, 0.2) is 18.2 Å². The van der Waals surface area contributed by atoms with E-state index in [1.807, 2.05) is 20.8 Å². The zero-order chi connectivity index (χ0) is 24.2. The summed E-state index contributed by atoms with van der Waals surface area (Å²) in [6, 6.07) is 3.91. The SMILES string of the molecule is CC(C)(C)OCC(=O)NCCCCNc1ccc2c(c1)C(=O)N(C1CCC(=O)NC1=O)C2=O. The maximum absolute atomic E-state index is 12.8. The molecule has 33 heavy (non-hydrogen) atoms. The summed E-state index contributed by atoms with van der Waals surface area (Å²) in [6.45, 7) is 6.85. The van der Waals surface area contributed by atoms with Crippen LogP contribution in [0.25, 0.3) is 0 Å². The standard InChI is InChI=1S/C23H30N4O6/c1-23(2,3)33-13-19(29)25-11-5-4-10-24-14-6-7-15-16(12-14)22(32)27(21(15)31)17-8-9-18(28)26-20(17)30/h6-7,12,17,24H,4-5,8-11,13H2,1-3H3,(H,25,29)(H,26,28,30). The Morgan fingerprint density at radius 2 is 1.79 bits per heavy atom. The molecular weight excluding hydrogens is 428 g/mol. The van der Waals surface area contributed by atoms with E-state index in [1.165, 1.54) is 0 Å². The average molecular weight is 459 g/mol. The van der Waals surface area contributed by atoms with Crippen LogP contribution in [-0.2, 0) is 19.1 Å². The van der Waals surface area contributed by atoms with Crippen molar-refractivity contribution in [3.05, 3.63) is 29.3 Å². The molecule has 0 spiro atoms. The summed E-state index contributed by atoms with van der Waals surface area (Å²) in [6.07, 6.45) is 1.76. The molecule has 1 aromatic rings. The quantitative estimate of drug-likeness (QED) is 0.374. The number of rotatable bonds is 9. The molecule has 0 aliphatic carbocycles. The van der Waals surface area contributed by atoms with E-state index in [-0.39, 0.29) is 42.1 Å². The van der Waals surface area contributed by atoms with E-state index in [1.54, 1.807) is 18.2 Å². The first-order valence-electron chi connectivity index (χ1n) is 11.1. The summed E-state index contributed by atoms with van der Waals surface area (Å²) >= 11 is 0. The summed E-state index contributed by atoms with van der Waals surface area (Å²) in [7, 11) is 0. The van der Waals surface area contributed by atoms with Crippen LogP contribution in [0, 0.1) is 0 Å². The fourth-order valence-corrected chi connectivity index (χ4v) is 3.62. The topological polar surface area (TPSA) is 134 Å². The summed E-state index contributed by atoms with van der Waals surface area (Å²) < 4.78 is 5.42. The van der Waals surface area contributed by atoms with Gasteiger partial charge in [-0.05, 0) is 58.2 Å². The lowest BCUT2D eigenvalue weighted by Crippen LogP contribution is -2.54. The molecule has 0 saturated carbocycles. The van der Waals surface area contributed by atoms with Crippen molar-refractivity contribution >= 4 is 35.2 Å². The van der Waals surface area contributed by atoms with Gasteiger partial charge >= 0.3 is 0 Å². The van der Waals surface area contributed by atoms with Gasteiger partial charge in [-0.3, -0.25) is 34.2 Å². The monoisotopic (exact) mass is 458 g/mol. The lowest BCUT2D eigenvalue weighted by Gasteiger charge is -2.27. The molecule has 0 aromatic heterocycles. The van der Waals surface area contributed by atoms with Crippen molar-refractivity contribution in [2.45, 2.75) is 58.1 Å². The third-order valence-electron chi connectivity index (χ3n) is 5.33. The normalized spacial score (nSPS) is 18.3. The molecule has 2 aliphatic rings. The summed E-state index contributed by atoms with van der Waals surface area (Å²) in [4.78, 5) is 61.7. The Labute approximate surface area is 192 Å². The molecule has 2 heterocycles. The number of carbonyl (C=O) groups is 5. The molecule has 2 aliphatic heterocycles. The van der Waals surface area contributed by atoms with Crippen LogP contribution in [0.4, 0.5) is 5.69 Å². The van der Waals surface area contributed by atoms with Crippen LogP contribution in [0.5, 0.6) is 0 Å². The Kier molecular flexibility index (Phi) is 7.47. The van der Waals surface area contributed by atoms with Gasteiger partial charge in [0, 0.05) is 25.2 Å². The van der Waals surface area contributed by atoms with Gasteiger partial charge in [0.25, 0.3) is 11.8 Å². The number of unbranched alkanes of at least 4 members (excludes halogenated alkanes) is 1. The number of nitrogens with one attached hydrogen (secondary N) is 3. The van der Waals surface area contributed by atoms with Crippen LogP contribution >= 0.6 is 0 Å². The lowest BCUT2D eigenvalue weighted by molar-refractivity contribution is -0.136. The van der Waals surface area contributed by atoms with Crippen LogP contribution in [0.3, 0.4) is 0 Å². The van der Waals surface area contributed by atoms with Gasteiger partial charge in [0.2, 0.25) is 17.7 Å². The molecule has 10 heteroatoms. The maximum atomic E-state index is 12.8. The number of carbonyl (C=O) groups excluding carboxylic acids is 5. The molecule has 1 aromatic carbocycles. The lowest BCUT2D eigenvalue weighted by atomic mass is 10.0. The Balaban J connectivity index is 1.46. The molecule has 3 N–H and O–H groups in total. The molecule has 10 nitrogen and oxygen atoms in total. The molecule has 1 fully saturated rings. The number of piperidine rings is 1. The first-order valence-corrected chi connectivity index (χ1v) is 11.1. The van der Waals surface area contributed by atoms with E-state index in [0.29, 0.717) is 18.8 Å². The number of imide groups is 2. The highest BCUT2D eigenvalue weighted by atomic mass is 16.5. The first-order chi connectivity index (χ1) is 15.6. The second kappa shape index (κ2) is 10.1. The van der Waals surface area contributed by atoms with Crippen LogP contribution in [0.2, 0.25) is 0 Å². The fourth-order valence-electron chi connectivity index (χ4n) is 3.62.